The first-order valence-electron chi connectivity index (χ1n) is 5.09. The van der Waals surface area contributed by atoms with Gasteiger partial charge in [0.1, 0.15) is 0 Å². The third-order valence-corrected chi connectivity index (χ3v) is 4.57. The molecule has 1 heterocycles. The fourth-order valence-electron chi connectivity index (χ4n) is 1.42. The Morgan fingerprint density at radius 3 is 2.72 bits per heavy atom. The largest absolute Gasteiger partial charge is 0.396 e. The molecule has 0 amide bonds. The lowest BCUT2D eigenvalue weighted by atomic mass is 10.2. The lowest BCUT2D eigenvalue weighted by Crippen LogP contribution is -2.39. The fraction of sp³-hybridized carbons (Fsp3) is 0.750. The van der Waals surface area contributed by atoms with Crippen molar-refractivity contribution in [2.75, 3.05) is 20.3 Å². The molecule has 10 heteroatoms. The monoisotopic (exact) mass is 342 g/mol. The summed E-state index contributed by atoms with van der Waals surface area (Å²) in [5.74, 6) is 0. The molecular formula is C8H15BrN4O4S. The molecule has 0 saturated carbocycles. The van der Waals surface area contributed by atoms with Crippen LogP contribution < -0.4 is 4.72 Å². The molecule has 0 saturated heterocycles. The highest BCUT2D eigenvalue weighted by molar-refractivity contribution is 9.10. The van der Waals surface area contributed by atoms with E-state index in [1.54, 1.807) is 0 Å². The Morgan fingerprint density at radius 1 is 1.61 bits per heavy atom. The maximum absolute atomic E-state index is 12.1. The summed E-state index contributed by atoms with van der Waals surface area (Å²) in [5, 5.41) is 16.0. The smallest absolute Gasteiger partial charge is 0.260 e. The van der Waals surface area contributed by atoms with E-state index in [-0.39, 0.29) is 29.3 Å². The average Bonchev–Trinajstić information content (AvgIpc) is 2.59. The zero-order chi connectivity index (χ0) is 13.8. The molecule has 18 heavy (non-hydrogen) atoms. The van der Waals surface area contributed by atoms with Gasteiger partial charge in [-0.3, -0.25) is 0 Å². The topological polar surface area (TPSA) is 106 Å². The van der Waals surface area contributed by atoms with E-state index in [4.69, 9.17) is 9.84 Å². The van der Waals surface area contributed by atoms with Crippen molar-refractivity contribution in [2.24, 2.45) is 7.05 Å². The molecule has 0 aliphatic heterocycles. The number of rotatable bonds is 7. The number of aliphatic hydroxyl groups excluding tert-OH is 1. The second-order valence-corrected chi connectivity index (χ2v) is 5.98. The van der Waals surface area contributed by atoms with Crippen molar-refractivity contribution in [3.05, 3.63) is 4.60 Å². The number of nitrogens with zero attached hydrogens (tertiary/aromatic N) is 3. The molecule has 104 valence electrons. The van der Waals surface area contributed by atoms with Crippen LogP contribution in [0.5, 0.6) is 0 Å². The number of aromatic nitrogens is 3. The summed E-state index contributed by atoms with van der Waals surface area (Å²) in [6, 6.07) is -0.508. The Morgan fingerprint density at radius 2 is 2.28 bits per heavy atom. The molecule has 1 atom stereocenters. The Labute approximate surface area is 114 Å². The molecule has 1 rings (SSSR count). The normalized spacial score (nSPS) is 13.8. The van der Waals surface area contributed by atoms with E-state index < -0.39 is 16.1 Å². The average molecular weight is 343 g/mol. The van der Waals surface area contributed by atoms with E-state index in [1.807, 2.05) is 0 Å². The predicted octanol–water partition coefficient (Wildman–Crippen LogP) is -0.747. The summed E-state index contributed by atoms with van der Waals surface area (Å²) in [4.78, 5) is 0. The Balaban J connectivity index is 2.93. The predicted molar refractivity (Wildman–Crippen MR) is 66.4 cm³/mol. The van der Waals surface area contributed by atoms with Gasteiger partial charge >= 0.3 is 0 Å². The number of nitrogens with one attached hydrogen (secondary N) is 1. The van der Waals surface area contributed by atoms with Crippen LogP contribution >= 0.6 is 15.9 Å². The summed E-state index contributed by atoms with van der Waals surface area (Å²) in [7, 11) is -0.837. The lowest BCUT2D eigenvalue weighted by molar-refractivity contribution is 0.158. The summed E-state index contributed by atoms with van der Waals surface area (Å²) in [6.07, 6.45) is 0.260. The summed E-state index contributed by atoms with van der Waals surface area (Å²) in [6.45, 7) is 0.0318. The van der Waals surface area contributed by atoms with Crippen LogP contribution in [0.4, 0.5) is 0 Å². The number of methoxy groups -OCH3 is 1. The van der Waals surface area contributed by atoms with Gasteiger partial charge in [0.05, 0.1) is 6.61 Å². The first-order valence-corrected chi connectivity index (χ1v) is 7.37. The first kappa shape index (κ1) is 15.5. The quantitative estimate of drug-likeness (QED) is 0.675. The number of aryl methyl sites for hydroxylation is 1. The van der Waals surface area contributed by atoms with Crippen molar-refractivity contribution in [3.63, 3.8) is 0 Å². The molecule has 0 spiro atoms. The molecule has 0 aliphatic rings. The van der Waals surface area contributed by atoms with Gasteiger partial charge in [0.2, 0.25) is 5.03 Å². The van der Waals surface area contributed by atoms with Gasteiger partial charge in [-0.25, -0.2) is 17.8 Å². The molecular weight excluding hydrogens is 328 g/mol. The van der Waals surface area contributed by atoms with Crippen molar-refractivity contribution in [2.45, 2.75) is 17.5 Å². The molecule has 0 bridgehead atoms. The Hall–Kier alpha value is -0.550. The number of sulfonamides is 1. The molecule has 0 aromatic carbocycles. The van der Waals surface area contributed by atoms with Crippen LogP contribution in [0.25, 0.3) is 0 Å². The van der Waals surface area contributed by atoms with Crippen LogP contribution in [0.3, 0.4) is 0 Å². The highest BCUT2D eigenvalue weighted by atomic mass is 79.9. The van der Waals surface area contributed by atoms with Crippen molar-refractivity contribution in [1.29, 1.82) is 0 Å². The van der Waals surface area contributed by atoms with Gasteiger partial charge in [0.25, 0.3) is 10.0 Å². The number of halogens is 1. The standard InChI is InChI=1S/C8H15BrN4O4S/c1-13-8(7(9)10-12-13)18(15,16)11-6(3-4-14)5-17-2/h6,11,14H,3-5H2,1-2H3. The van der Waals surface area contributed by atoms with Gasteiger partial charge in [0.15, 0.2) is 4.60 Å². The second-order valence-electron chi connectivity index (χ2n) is 3.59. The van der Waals surface area contributed by atoms with Gasteiger partial charge in [0, 0.05) is 26.8 Å². The van der Waals surface area contributed by atoms with Crippen LogP contribution in [0, 0.1) is 0 Å². The van der Waals surface area contributed by atoms with E-state index in [2.05, 4.69) is 31.0 Å². The first-order chi connectivity index (χ1) is 8.42. The van der Waals surface area contributed by atoms with Crippen molar-refractivity contribution in [3.8, 4) is 0 Å². The van der Waals surface area contributed by atoms with Crippen molar-refractivity contribution in [1.82, 2.24) is 19.7 Å². The number of hydrogen-bond donors (Lipinski definition) is 2. The summed E-state index contributed by atoms with van der Waals surface area (Å²) in [5.41, 5.74) is 0. The summed E-state index contributed by atoms with van der Waals surface area (Å²) < 4.78 is 32.8. The molecule has 1 aromatic heterocycles. The molecule has 0 radical (unpaired) electrons. The molecule has 2 N–H and O–H groups in total. The fourth-order valence-corrected chi connectivity index (χ4v) is 3.77. The minimum atomic E-state index is -3.77. The third-order valence-electron chi connectivity index (χ3n) is 2.16. The van der Waals surface area contributed by atoms with E-state index in [1.165, 1.54) is 14.2 Å². The zero-order valence-electron chi connectivity index (χ0n) is 10.00. The maximum Gasteiger partial charge on any atom is 0.260 e. The second kappa shape index (κ2) is 6.57. The van der Waals surface area contributed by atoms with Gasteiger partial charge in [-0.05, 0) is 22.4 Å². The van der Waals surface area contributed by atoms with Gasteiger partial charge in [-0.1, -0.05) is 5.21 Å². The van der Waals surface area contributed by atoms with Crippen molar-refractivity contribution < 1.29 is 18.3 Å². The third kappa shape index (κ3) is 3.72. The van der Waals surface area contributed by atoms with E-state index in [0.29, 0.717) is 0 Å². The molecule has 0 fully saturated rings. The van der Waals surface area contributed by atoms with Crippen LogP contribution in [-0.4, -0.2) is 54.9 Å². The highest BCUT2D eigenvalue weighted by Gasteiger charge is 2.26. The van der Waals surface area contributed by atoms with Gasteiger partial charge in [-0.15, -0.1) is 5.10 Å². The number of ether oxygens (including phenoxy) is 1. The maximum atomic E-state index is 12.1. The van der Waals surface area contributed by atoms with Crippen LogP contribution in [0.15, 0.2) is 9.63 Å². The number of aliphatic hydroxyl groups is 1. The van der Waals surface area contributed by atoms with Crippen LogP contribution in [0.1, 0.15) is 6.42 Å². The lowest BCUT2D eigenvalue weighted by Gasteiger charge is -2.16. The minimum absolute atomic E-state index is 0.0680. The minimum Gasteiger partial charge on any atom is -0.396 e. The highest BCUT2D eigenvalue weighted by Crippen LogP contribution is 2.18. The molecule has 1 aromatic rings. The number of hydrogen-bond acceptors (Lipinski definition) is 6. The van der Waals surface area contributed by atoms with Crippen molar-refractivity contribution >= 4 is 26.0 Å². The van der Waals surface area contributed by atoms with E-state index >= 15 is 0 Å². The van der Waals surface area contributed by atoms with Gasteiger partial charge < -0.3 is 9.84 Å². The van der Waals surface area contributed by atoms with E-state index in [0.717, 1.165) is 4.68 Å². The summed E-state index contributed by atoms with van der Waals surface area (Å²) >= 11 is 3.03. The van der Waals surface area contributed by atoms with Crippen LogP contribution in [0.2, 0.25) is 0 Å². The molecule has 8 nitrogen and oxygen atoms in total. The van der Waals surface area contributed by atoms with Crippen LogP contribution in [-0.2, 0) is 21.8 Å². The zero-order valence-corrected chi connectivity index (χ0v) is 12.4. The Kier molecular flexibility index (Phi) is 5.66. The van der Waals surface area contributed by atoms with Gasteiger partial charge in [-0.2, -0.15) is 0 Å². The Bertz CT molecular complexity index is 464. The molecule has 0 aliphatic carbocycles. The van der Waals surface area contributed by atoms with E-state index in [9.17, 15) is 8.42 Å². The SMILES string of the molecule is COCC(CCO)NS(=O)(=O)c1c(Br)nnn1C. The molecule has 1 unspecified atom stereocenters.